The summed E-state index contributed by atoms with van der Waals surface area (Å²) in [5.74, 6) is 3.87. The molecule has 168 valence electrons. The van der Waals surface area contributed by atoms with Crippen molar-refractivity contribution in [1.82, 2.24) is 10.2 Å². The maximum Gasteiger partial charge on any atom is 0.107 e. The van der Waals surface area contributed by atoms with Gasteiger partial charge < -0.3 is 15.7 Å². The van der Waals surface area contributed by atoms with Gasteiger partial charge in [-0.1, -0.05) is 32.1 Å². The SMILES string of the molecule is NC1CCC(C(O)NCCN2CCCC2)CC1C1CCC(C2CCCCC2)CC1. The van der Waals surface area contributed by atoms with E-state index in [1.165, 1.54) is 83.7 Å². The van der Waals surface area contributed by atoms with Gasteiger partial charge in [0.05, 0.1) is 0 Å². The number of nitrogens with two attached hydrogens (primary N) is 1. The molecule has 0 radical (unpaired) electrons. The second kappa shape index (κ2) is 10.9. The van der Waals surface area contributed by atoms with E-state index in [2.05, 4.69) is 10.2 Å². The van der Waals surface area contributed by atoms with Crippen LogP contribution in [-0.4, -0.2) is 48.5 Å². The lowest BCUT2D eigenvalue weighted by atomic mass is 9.64. The van der Waals surface area contributed by atoms with Gasteiger partial charge in [0.15, 0.2) is 0 Å². The van der Waals surface area contributed by atoms with Crippen LogP contribution in [0.25, 0.3) is 0 Å². The fourth-order valence-corrected chi connectivity index (χ4v) is 7.29. The Morgan fingerprint density at radius 2 is 1.45 bits per heavy atom. The van der Waals surface area contributed by atoms with Gasteiger partial charge in [-0.3, -0.25) is 5.32 Å². The van der Waals surface area contributed by atoms with Gasteiger partial charge in [-0.05, 0) is 100 Å². The van der Waals surface area contributed by atoms with Crippen molar-refractivity contribution >= 4 is 0 Å². The van der Waals surface area contributed by atoms with E-state index in [9.17, 15) is 5.11 Å². The number of hydrogen-bond acceptors (Lipinski definition) is 4. The first-order valence-corrected chi connectivity index (χ1v) is 13.1. The molecule has 1 aliphatic heterocycles. The molecule has 3 aliphatic carbocycles. The van der Waals surface area contributed by atoms with Crippen LogP contribution in [-0.2, 0) is 0 Å². The summed E-state index contributed by atoms with van der Waals surface area (Å²) in [5, 5.41) is 14.2. The molecule has 4 nitrogen and oxygen atoms in total. The third-order valence-electron chi connectivity index (χ3n) is 9.16. The van der Waals surface area contributed by atoms with Gasteiger partial charge in [-0.15, -0.1) is 0 Å². The number of likely N-dealkylation sites (tertiary alicyclic amines) is 1. The van der Waals surface area contributed by atoms with Crippen LogP contribution in [0.1, 0.15) is 89.9 Å². The van der Waals surface area contributed by atoms with E-state index in [4.69, 9.17) is 5.73 Å². The minimum absolute atomic E-state index is 0.341. The molecule has 4 rings (SSSR count). The van der Waals surface area contributed by atoms with Crippen LogP contribution in [0.3, 0.4) is 0 Å². The van der Waals surface area contributed by atoms with Crippen LogP contribution in [0.15, 0.2) is 0 Å². The molecule has 0 aromatic rings. The smallest absolute Gasteiger partial charge is 0.107 e. The molecule has 0 bridgehead atoms. The molecule has 4 unspecified atom stereocenters. The van der Waals surface area contributed by atoms with Crippen molar-refractivity contribution in [2.24, 2.45) is 35.3 Å². The molecule has 4 fully saturated rings. The molecule has 4 atom stereocenters. The quantitative estimate of drug-likeness (QED) is 0.558. The molecule has 29 heavy (non-hydrogen) atoms. The number of nitrogens with one attached hydrogen (secondary N) is 1. The summed E-state index contributed by atoms with van der Waals surface area (Å²) in [5.41, 5.74) is 6.62. The monoisotopic (exact) mass is 405 g/mol. The average Bonchev–Trinajstić information content (AvgIpc) is 3.28. The zero-order valence-corrected chi connectivity index (χ0v) is 18.7. The molecule has 0 aromatic carbocycles. The van der Waals surface area contributed by atoms with E-state index in [-0.39, 0.29) is 6.23 Å². The van der Waals surface area contributed by atoms with Crippen molar-refractivity contribution in [1.29, 1.82) is 0 Å². The molecule has 1 heterocycles. The molecular weight excluding hydrogens is 358 g/mol. The predicted molar refractivity (Wildman–Crippen MR) is 121 cm³/mol. The fourth-order valence-electron chi connectivity index (χ4n) is 7.29. The number of rotatable bonds is 7. The third kappa shape index (κ3) is 5.96. The van der Waals surface area contributed by atoms with Gasteiger partial charge in [0.2, 0.25) is 0 Å². The molecular formula is C25H47N3O. The number of aliphatic hydroxyl groups is 1. The molecule has 4 N–H and O–H groups in total. The van der Waals surface area contributed by atoms with Crippen molar-refractivity contribution in [3.63, 3.8) is 0 Å². The van der Waals surface area contributed by atoms with Crippen LogP contribution in [0, 0.1) is 29.6 Å². The van der Waals surface area contributed by atoms with Gasteiger partial charge in [0, 0.05) is 19.1 Å². The highest BCUT2D eigenvalue weighted by atomic mass is 16.3. The minimum atomic E-state index is -0.341. The van der Waals surface area contributed by atoms with Crippen LogP contribution in [0.4, 0.5) is 0 Å². The Balaban J connectivity index is 1.21. The Morgan fingerprint density at radius 1 is 0.793 bits per heavy atom. The molecule has 0 amide bonds. The van der Waals surface area contributed by atoms with E-state index >= 15 is 0 Å². The summed E-state index contributed by atoms with van der Waals surface area (Å²) in [4.78, 5) is 2.52. The van der Waals surface area contributed by atoms with Crippen LogP contribution in [0.5, 0.6) is 0 Å². The minimum Gasteiger partial charge on any atom is -0.378 e. The average molecular weight is 406 g/mol. The summed E-state index contributed by atoms with van der Waals surface area (Å²) >= 11 is 0. The maximum atomic E-state index is 10.8. The lowest BCUT2D eigenvalue weighted by Crippen LogP contribution is -2.47. The lowest BCUT2D eigenvalue weighted by Gasteiger charge is -2.44. The van der Waals surface area contributed by atoms with E-state index in [1.807, 2.05) is 0 Å². The molecule has 4 aliphatic rings. The lowest BCUT2D eigenvalue weighted by molar-refractivity contribution is 0.0162. The first kappa shape index (κ1) is 22.0. The predicted octanol–water partition coefficient (Wildman–Crippen LogP) is 4.12. The molecule has 0 aromatic heterocycles. The van der Waals surface area contributed by atoms with Crippen LogP contribution >= 0.6 is 0 Å². The summed E-state index contributed by atoms with van der Waals surface area (Å²) < 4.78 is 0. The van der Waals surface area contributed by atoms with Gasteiger partial charge in [-0.25, -0.2) is 0 Å². The Kier molecular flexibility index (Phi) is 8.31. The van der Waals surface area contributed by atoms with Crippen molar-refractivity contribution in [2.45, 2.75) is 102 Å². The van der Waals surface area contributed by atoms with Gasteiger partial charge in [0.1, 0.15) is 6.23 Å². The third-order valence-corrected chi connectivity index (χ3v) is 9.16. The van der Waals surface area contributed by atoms with Gasteiger partial charge >= 0.3 is 0 Å². The fraction of sp³-hybridized carbons (Fsp3) is 1.00. The van der Waals surface area contributed by atoms with Crippen molar-refractivity contribution < 1.29 is 5.11 Å². The van der Waals surface area contributed by atoms with Crippen molar-refractivity contribution in [3.8, 4) is 0 Å². The highest BCUT2D eigenvalue weighted by Gasteiger charge is 2.38. The maximum absolute atomic E-state index is 10.8. The first-order valence-electron chi connectivity index (χ1n) is 13.1. The summed E-state index contributed by atoms with van der Waals surface area (Å²) in [6.45, 7) is 4.47. The first-order chi connectivity index (χ1) is 14.2. The molecule has 0 spiro atoms. The Labute approximate surface area is 179 Å². The highest BCUT2D eigenvalue weighted by molar-refractivity contribution is 4.91. The zero-order valence-electron chi connectivity index (χ0n) is 18.7. The van der Waals surface area contributed by atoms with Crippen LogP contribution < -0.4 is 11.1 Å². The number of aliphatic hydroxyl groups excluding tert-OH is 1. The summed E-state index contributed by atoms with van der Waals surface area (Å²) in [6.07, 6.45) is 18.8. The van der Waals surface area contributed by atoms with Gasteiger partial charge in [-0.2, -0.15) is 0 Å². The normalized spacial score (nSPS) is 38.9. The number of hydrogen-bond donors (Lipinski definition) is 3. The van der Waals surface area contributed by atoms with E-state index < -0.39 is 0 Å². The summed E-state index contributed by atoms with van der Waals surface area (Å²) in [6, 6.07) is 0.360. The largest absolute Gasteiger partial charge is 0.378 e. The standard InChI is InChI=1S/C25H47N3O/c26-24-13-12-22(25(29)27-14-17-28-15-4-5-16-28)18-23(24)21-10-8-20(9-11-21)19-6-2-1-3-7-19/h19-25,27,29H,1-18,26H2. The molecule has 1 saturated heterocycles. The van der Waals surface area contributed by atoms with E-state index in [0.29, 0.717) is 17.9 Å². The molecule has 4 heteroatoms. The van der Waals surface area contributed by atoms with Gasteiger partial charge in [0.25, 0.3) is 0 Å². The van der Waals surface area contributed by atoms with Crippen LogP contribution in [0.2, 0.25) is 0 Å². The second-order valence-electron chi connectivity index (χ2n) is 10.9. The Hall–Kier alpha value is -0.160. The Bertz CT molecular complexity index is 467. The Morgan fingerprint density at radius 3 is 2.17 bits per heavy atom. The van der Waals surface area contributed by atoms with Crippen molar-refractivity contribution in [3.05, 3.63) is 0 Å². The zero-order chi connectivity index (χ0) is 20.1. The van der Waals surface area contributed by atoms with E-state index in [1.54, 1.807) is 0 Å². The van der Waals surface area contributed by atoms with E-state index in [0.717, 1.165) is 50.1 Å². The highest BCUT2D eigenvalue weighted by Crippen LogP contribution is 2.45. The second-order valence-corrected chi connectivity index (χ2v) is 10.9. The summed E-state index contributed by atoms with van der Waals surface area (Å²) in [7, 11) is 0. The number of nitrogens with zero attached hydrogens (tertiary/aromatic N) is 1. The van der Waals surface area contributed by atoms with Crippen molar-refractivity contribution in [2.75, 3.05) is 26.2 Å². The topological polar surface area (TPSA) is 61.5 Å². The molecule has 3 saturated carbocycles.